The first-order valence-electron chi connectivity index (χ1n) is 5.63. The van der Waals surface area contributed by atoms with Crippen LogP contribution in [0.3, 0.4) is 0 Å². The monoisotopic (exact) mass is 315 g/mol. The van der Waals surface area contributed by atoms with Crippen molar-refractivity contribution in [2.45, 2.75) is 12.5 Å². The number of carbonyl (C=O) groups excluding carboxylic acids is 3. The number of urea groups is 1. The zero-order valence-electron chi connectivity index (χ0n) is 10.4. The Labute approximate surface area is 124 Å². The number of rotatable bonds is 3. The Bertz CT molecular complexity index is 620. The first-order valence-corrected chi connectivity index (χ1v) is 6.39. The van der Waals surface area contributed by atoms with Gasteiger partial charge in [-0.1, -0.05) is 29.3 Å². The largest absolute Gasteiger partial charge is 0.368 e. The third kappa shape index (κ3) is 2.32. The first-order chi connectivity index (χ1) is 9.25. The molecule has 3 N–H and O–H groups in total. The highest BCUT2D eigenvalue weighted by Crippen LogP contribution is 2.34. The van der Waals surface area contributed by atoms with Crippen LogP contribution in [-0.2, 0) is 15.1 Å². The molecule has 0 spiro atoms. The Morgan fingerprint density at radius 3 is 2.60 bits per heavy atom. The van der Waals surface area contributed by atoms with E-state index in [0.717, 1.165) is 4.90 Å². The average molecular weight is 316 g/mol. The normalized spacial score (nSPS) is 22.1. The average Bonchev–Trinajstić information content (AvgIpc) is 2.53. The third-order valence-electron chi connectivity index (χ3n) is 3.06. The molecule has 1 aliphatic heterocycles. The van der Waals surface area contributed by atoms with Crippen LogP contribution in [0.4, 0.5) is 4.79 Å². The van der Waals surface area contributed by atoms with Crippen molar-refractivity contribution >= 4 is 41.0 Å². The first kappa shape index (κ1) is 14.6. The molecule has 8 heteroatoms. The van der Waals surface area contributed by atoms with Gasteiger partial charge in [-0.05, 0) is 19.1 Å². The Morgan fingerprint density at radius 2 is 2.05 bits per heavy atom. The van der Waals surface area contributed by atoms with Gasteiger partial charge in [-0.15, -0.1) is 0 Å². The number of amides is 4. The lowest BCUT2D eigenvalue weighted by Gasteiger charge is -2.23. The van der Waals surface area contributed by atoms with Gasteiger partial charge in [-0.3, -0.25) is 14.5 Å². The number of hydrogen-bond donors (Lipinski definition) is 2. The Morgan fingerprint density at radius 1 is 1.40 bits per heavy atom. The van der Waals surface area contributed by atoms with Gasteiger partial charge in [0, 0.05) is 15.6 Å². The summed E-state index contributed by atoms with van der Waals surface area (Å²) in [5.41, 5.74) is 4.06. The Kier molecular flexibility index (Phi) is 3.62. The highest BCUT2D eigenvalue weighted by Gasteiger charge is 2.50. The Hall–Kier alpha value is -1.79. The summed E-state index contributed by atoms with van der Waals surface area (Å²) in [6.45, 7) is 1.02. The predicted octanol–water partition coefficient (Wildman–Crippen LogP) is 1.25. The molecule has 0 radical (unpaired) electrons. The minimum absolute atomic E-state index is 0.245. The maximum absolute atomic E-state index is 12.4. The SMILES string of the molecule is C[C@@]1(c2ccc(Cl)cc2Cl)NC(=O)N(CC(N)=O)C1=O. The molecule has 1 saturated heterocycles. The zero-order chi connectivity index (χ0) is 15.1. The van der Waals surface area contributed by atoms with Crippen LogP contribution >= 0.6 is 23.2 Å². The van der Waals surface area contributed by atoms with Gasteiger partial charge in [0.15, 0.2) is 0 Å². The van der Waals surface area contributed by atoms with Crippen LogP contribution in [0, 0.1) is 0 Å². The van der Waals surface area contributed by atoms with Crippen molar-refractivity contribution in [3.05, 3.63) is 33.8 Å². The molecule has 1 aromatic rings. The van der Waals surface area contributed by atoms with Crippen molar-refractivity contribution in [2.24, 2.45) is 5.73 Å². The number of carbonyl (C=O) groups is 3. The fourth-order valence-corrected chi connectivity index (χ4v) is 2.67. The maximum atomic E-state index is 12.4. The second-order valence-corrected chi connectivity index (χ2v) is 5.38. The standard InChI is InChI=1S/C12H11Cl2N3O3/c1-12(7-3-2-6(13)4-8(7)14)10(19)17(5-9(15)18)11(20)16-12/h2-4H,5H2,1H3,(H2,15,18)(H,16,20)/t12-/m0/s1. The van der Waals surface area contributed by atoms with Gasteiger partial charge in [-0.2, -0.15) is 0 Å². The summed E-state index contributed by atoms with van der Waals surface area (Å²) < 4.78 is 0. The Balaban J connectivity index is 2.43. The van der Waals surface area contributed by atoms with E-state index >= 15 is 0 Å². The molecule has 0 bridgehead atoms. The van der Waals surface area contributed by atoms with Crippen LogP contribution in [-0.4, -0.2) is 29.3 Å². The van der Waals surface area contributed by atoms with Gasteiger partial charge >= 0.3 is 6.03 Å². The van der Waals surface area contributed by atoms with E-state index in [1.165, 1.54) is 13.0 Å². The number of benzene rings is 1. The van der Waals surface area contributed by atoms with Gasteiger partial charge in [0.2, 0.25) is 5.91 Å². The van der Waals surface area contributed by atoms with E-state index in [-0.39, 0.29) is 5.02 Å². The number of nitrogens with zero attached hydrogens (tertiary/aromatic N) is 1. The minimum Gasteiger partial charge on any atom is -0.368 e. The molecule has 6 nitrogen and oxygen atoms in total. The molecule has 1 atom stereocenters. The summed E-state index contributed by atoms with van der Waals surface area (Å²) in [6, 6.07) is 3.89. The number of primary amides is 1. The fraction of sp³-hybridized carbons (Fsp3) is 0.250. The maximum Gasteiger partial charge on any atom is 0.325 e. The van der Waals surface area contributed by atoms with Crippen LogP contribution in [0.15, 0.2) is 18.2 Å². The molecule has 1 aliphatic rings. The molecule has 20 heavy (non-hydrogen) atoms. The lowest BCUT2D eigenvalue weighted by molar-refractivity contribution is -0.134. The zero-order valence-corrected chi connectivity index (χ0v) is 12.0. The summed E-state index contributed by atoms with van der Waals surface area (Å²) in [5, 5.41) is 3.17. The van der Waals surface area contributed by atoms with Crippen LogP contribution < -0.4 is 11.1 Å². The number of hydrogen-bond acceptors (Lipinski definition) is 3. The summed E-state index contributed by atoms with van der Waals surface area (Å²) in [6.07, 6.45) is 0. The fourth-order valence-electron chi connectivity index (χ4n) is 2.07. The van der Waals surface area contributed by atoms with Crippen molar-refractivity contribution in [1.82, 2.24) is 10.2 Å². The lowest BCUT2D eigenvalue weighted by Crippen LogP contribution is -2.42. The van der Waals surface area contributed by atoms with Gasteiger partial charge < -0.3 is 11.1 Å². The number of halogens is 2. The molecule has 1 fully saturated rings. The smallest absolute Gasteiger partial charge is 0.325 e. The van der Waals surface area contributed by atoms with Crippen molar-refractivity contribution in [3.63, 3.8) is 0 Å². The quantitative estimate of drug-likeness (QED) is 0.822. The molecule has 0 aliphatic carbocycles. The third-order valence-corrected chi connectivity index (χ3v) is 3.61. The molecule has 106 valence electrons. The van der Waals surface area contributed by atoms with Crippen LogP contribution in [0.5, 0.6) is 0 Å². The van der Waals surface area contributed by atoms with Crippen LogP contribution in [0.1, 0.15) is 12.5 Å². The van der Waals surface area contributed by atoms with Crippen molar-refractivity contribution in [3.8, 4) is 0 Å². The second-order valence-electron chi connectivity index (χ2n) is 4.54. The van der Waals surface area contributed by atoms with Gasteiger partial charge in [0.1, 0.15) is 12.1 Å². The van der Waals surface area contributed by atoms with Gasteiger partial charge in [0.25, 0.3) is 5.91 Å². The number of nitrogens with one attached hydrogen (secondary N) is 1. The summed E-state index contributed by atoms with van der Waals surface area (Å²) in [5.74, 6) is -1.37. The highest BCUT2D eigenvalue weighted by molar-refractivity contribution is 6.35. The minimum atomic E-state index is -1.35. The highest BCUT2D eigenvalue weighted by atomic mass is 35.5. The van der Waals surface area contributed by atoms with E-state index < -0.39 is 29.9 Å². The summed E-state index contributed by atoms with van der Waals surface area (Å²) in [7, 11) is 0. The molecule has 0 unspecified atom stereocenters. The molecule has 0 aromatic heterocycles. The molecular formula is C12H11Cl2N3O3. The van der Waals surface area contributed by atoms with E-state index in [9.17, 15) is 14.4 Å². The van der Waals surface area contributed by atoms with Crippen molar-refractivity contribution in [1.29, 1.82) is 0 Å². The number of nitrogens with two attached hydrogens (primary N) is 1. The predicted molar refractivity (Wildman–Crippen MR) is 73.3 cm³/mol. The van der Waals surface area contributed by atoms with Gasteiger partial charge in [-0.25, -0.2) is 4.79 Å². The van der Waals surface area contributed by atoms with E-state index in [1.807, 2.05) is 0 Å². The lowest BCUT2D eigenvalue weighted by atomic mass is 9.92. The van der Waals surface area contributed by atoms with Gasteiger partial charge in [0.05, 0.1) is 0 Å². The van der Waals surface area contributed by atoms with Crippen LogP contribution in [0.2, 0.25) is 10.0 Å². The van der Waals surface area contributed by atoms with Crippen molar-refractivity contribution < 1.29 is 14.4 Å². The second kappa shape index (κ2) is 4.96. The van der Waals surface area contributed by atoms with Crippen molar-refractivity contribution in [2.75, 3.05) is 6.54 Å². The summed E-state index contributed by atoms with van der Waals surface area (Å²) in [4.78, 5) is 35.8. The van der Waals surface area contributed by atoms with E-state index in [4.69, 9.17) is 28.9 Å². The number of imide groups is 1. The molecule has 0 saturated carbocycles. The van der Waals surface area contributed by atoms with E-state index in [0.29, 0.717) is 10.6 Å². The van der Waals surface area contributed by atoms with E-state index in [1.54, 1.807) is 12.1 Å². The molecule has 2 rings (SSSR count). The molecule has 1 aromatic carbocycles. The molecule has 4 amide bonds. The van der Waals surface area contributed by atoms with Crippen LogP contribution in [0.25, 0.3) is 0 Å². The molecular weight excluding hydrogens is 305 g/mol. The van der Waals surface area contributed by atoms with E-state index in [2.05, 4.69) is 5.32 Å². The molecule has 1 heterocycles. The topological polar surface area (TPSA) is 92.5 Å². The summed E-state index contributed by atoms with van der Waals surface area (Å²) >= 11 is 11.9.